The number of sulfonamides is 1. The lowest BCUT2D eigenvalue weighted by atomic mass is 9.89. The minimum atomic E-state index is -3.89. The number of rotatable bonds is 20. The SMILES string of the molecule is CC[C@H](C)[C@@H]([C@@H](CC(=O)N1CCC[C@H]1[C@H](OC)[C@@H](C)C(=O)N[C@@H](Cc1ccccc1)CS(N)(=O)=O)OC)N(C)C(=O)[C@@H](NC(=O)[C@H]1NC2CC[C@H]1C2)C(C)C. The molecule has 1 aromatic carbocycles. The number of benzene rings is 1. The molecule has 3 aliphatic rings. The lowest BCUT2D eigenvalue weighted by Gasteiger charge is -2.41. The number of likely N-dealkylation sites (N-methyl/N-ethyl adjacent to an activating group) is 1. The smallest absolute Gasteiger partial charge is 0.245 e. The molecule has 2 heterocycles. The van der Waals surface area contributed by atoms with E-state index in [2.05, 4.69) is 16.0 Å². The van der Waals surface area contributed by atoms with Crippen LogP contribution in [0.25, 0.3) is 0 Å². The Bertz CT molecular complexity index is 1560. The fraction of sp³-hybridized carbons (Fsp3) is 0.750. The summed E-state index contributed by atoms with van der Waals surface area (Å²) in [5, 5.41) is 14.8. The van der Waals surface area contributed by atoms with Crippen LogP contribution in [-0.2, 0) is 45.1 Å². The van der Waals surface area contributed by atoms with Gasteiger partial charge in [-0.05, 0) is 61.8 Å². The van der Waals surface area contributed by atoms with E-state index in [-0.39, 0.29) is 48.4 Å². The lowest BCUT2D eigenvalue weighted by molar-refractivity contribution is -0.147. The van der Waals surface area contributed by atoms with Gasteiger partial charge in [-0.2, -0.15) is 0 Å². The van der Waals surface area contributed by atoms with Crippen molar-refractivity contribution in [1.29, 1.82) is 0 Å². The van der Waals surface area contributed by atoms with Crippen LogP contribution in [0.2, 0.25) is 0 Å². The number of ether oxygens (including phenoxy) is 2. The van der Waals surface area contributed by atoms with Crippen molar-refractivity contribution in [3.63, 3.8) is 0 Å². The summed E-state index contributed by atoms with van der Waals surface area (Å²) in [6.07, 6.45) is 4.09. The van der Waals surface area contributed by atoms with Crippen molar-refractivity contribution in [2.24, 2.45) is 28.8 Å². The fourth-order valence-corrected chi connectivity index (χ4v) is 9.86. The van der Waals surface area contributed by atoms with Gasteiger partial charge in [-0.1, -0.05) is 71.4 Å². The quantitative estimate of drug-likeness (QED) is 0.154. The summed E-state index contributed by atoms with van der Waals surface area (Å²) < 4.78 is 36.1. The molecule has 3 fully saturated rings. The Morgan fingerprint density at radius 2 is 1.71 bits per heavy atom. The molecule has 0 aromatic heterocycles. The Hall–Kier alpha value is -3.11. The van der Waals surface area contributed by atoms with Crippen molar-refractivity contribution < 1.29 is 37.1 Å². The molecule has 2 aliphatic heterocycles. The van der Waals surface area contributed by atoms with Crippen molar-refractivity contribution in [1.82, 2.24) is 25.8 Å². The Kier molecular flexibility index (Phi) is 16.1. The topological polar surface area (TPSA) is 189 Å². The van der Waals surface area contributed by atoms with Gasteiger partial charge in [0.25, 0.3) is 0 Å². The number of primary sulfonamides is 1. The van der Waals surface area contributed by atoms with E-state index in [4.69, 9.17) is 14.6 Å². The van der Waals surface area contributed by atoms with E-state index in [0.29, 0.717) is 31.3 Å². The molecule has 1 saturated carbocycles. The van der Waals surface area contributed by atoms with E-state index in [0.717, 1.165) is 31.2 Å². The van der Waals surface area contributed by atoms with Gasteiger partial charge in [0.2, 0.25) is 33.7 Å². The number of methoxy groups -OCH3 is 2. The predicted molar refractivity (Wildman–Crippen MR) is 211 cm³/mol. The molecular formula is C40H66N6O8S. The molecular weight excluding hydrogens is 725 g/mol. The Labute approximate surface area is 328 Å². The second-order valence-electron chi connectivity index (χ2n) is 16.5. The van der Waals surface area contributed by atoms with Crippen LogP contribution in [0.1, 0.15) is 85.1 Å². The first-order valence-corrected chi connectivity index (χ1v) is 21.7. The average Bonchev–Trinajstić information content (AvgIpc) is 3.91. The maximum absolute atomic E-state index is 14.2. The summed E-state index contributed by atoms with van der Waals surface area (Å²) in [6.45, 7) is 10.1. The third-order valence-corrected chi connectivity index (χ3v) is 13.1. The maximum Gasteiger partial charge on any atom is 0.245 e. The number of nitrogens with two attached hydrogens (primary N) is 1. The van der Waals surface area contributed by atoms with Crippen LogP contribution in [0.4, 0.5) is 0 Å². The molecule has 5 N–H and O–H groups in total. The maximum atomic E-state index is 14.2. The third-order valence-electron chi connectivity index (χ3n) is 12.2. The fourth-order valence-electron chi connectivity index (χ4n) is 9.10. The van der Waals surface area contributed by atoms with Gasteiger partial charge in [-0.15, -0.1) is 0 Å². The van der Waals surface area contributed by atoms with Gasteiger partial charge in [-0.25, -0.2) is 13.6 Å². The first-order chi connectivity index (χ1) is 26.0. The largest absolute Gasteiger partial charge is 0.379 e. The third kappa shape index (κ3) is 11.5. The zero-order valence-electron chi connectivity index (χ0n) is 34.0. The molecule has 0 spiro atoms. The minimum Gasteiger partial charge on any atom is -0.379 e. The van der Waals surface area contributed by atoms with Gasteiger partial charge >= 0.3 is 0 Å². The standard InChI is InChI=1S/C40H66N6O8S/c1-9-25(4)36(45(6)40(50)34(24(2)3)44-39(49)35-28-17-18-29(21-28)42-35)32(53-7)22-33(47)46-19-13-16-31(46)37(54-8)26(5)38(48)43-30(23-55(41,51)52)20-27-14-11-10-12-15-27/h10-12,14-15,24-26,28-32,34-37,42H,9,13,16-23H2,1-8H3,(H,43,48)(H,44,49)(H2,41,51,52)/t25-,26+,28-,29?,30-,31-,32+,34-,35-,36-,37+/m0/s1. The van der Waals surface area contributed by atoms with E-state index >= 15 is 0 Å². The zero-order chi connectivity index (χ0) is 40.6. The first kappa shape index (κ1) is 44.6. The highest BCUT2D eigenvalue weighted by molar-refractivity contribution is 7.89. The number of nitrogens with zero attached hydrogens (tertiary/aromatic N) is 2. The van der Waals surface area contributed by atoms with E-state index in [9.17, 15) is 27.6 Å². The van der Waals surface area contributed by atoms with Crippen molar-refractivity contribution in [3.05, 3.63) is 35.9 Å². The second kappa shape index (κ2) is 19.8. The van der Waals surface area contributed by atoms with E-state index in [1.807, 2.05) is 58.0 Å². The van der Waals surface area contributed by atoms with Gasteiger partial charge in [-0.3, -0.25) is 19.2 Å². The van der Waals surface area contributed by atoms with Gasteiger partial charge in [0, 0.05) is 39.9 Å². The molecule has 4 amide bonds. The molecule has 15 heteroatoms. The number of hydrogen-bond donors (Lipinski definition) is 4. The van der Waals surface area contributed by atoms with E-state index in [1.165, 1.54) is 7.11 Å². The number of carbonyl (C=O) groups is 4. The number of hydrogen-bond acceptors (Lipinski definition) is 9. The van der Waals surface area contributed by atoms with Gasteiger partial charge in [0.05, 0.1) is 48.4 Å². The number of amides is 4. The van der Waals surface area contributed by atoms with E-state index < -0.39 is 64.0 Å². The van der Waals surface area contributed by atoms with Crippen molar-refractivity contribution >= 4 is 33.7 Å². The van der Waals surface area contributed by atoms with Crippen LogP contribution in [0.5, 0.6) is 0 Å². The second-order valence-corrected chi connectivity index (χ2v) is 18.1. The molecule has 4 rings (SSSR count). The normalized spacial score (nSPS) is 24.8. The molecule has 310 valence electrons. The van der Waals surface area contributed by atoms with Gasteiger partial charge in [0.1, 0.15) is 6.04 Å². The number of piperidine rings is 1. The lowest BCUT2D eigenvalue weighted by Crippen LogP contribution is -2.60. The molecule has 1 aliphatic carbocycles. The highest BCUT2D eigenvalue weighted by Gasteiger charge is 2.46. The van der Waals surface area contributed by atoms with Crippen LogP contribution < -0.4 is 21.1 Å². The average molecular weight is 791 g/mol. The number of fused-ring (bicyclic) bond motifs is 2. The molecule has 1 unspecified atom stereocenters. The summed E-state index contributed by atoms with van der Waals surface area (Å²) in [5.41, 5.74) is 0.855. The summed E-state index contributed by atoms with van der Waals surface area (Å²) >= 11 is 0. The summed E-state index contributed by atoms with van der Waals surface area (Å²) in [7, 11) is 0.895. The number of likely N-dealkylation sites (tertiary alicyclic amines) is 1. The summed E-state index contributed by atoms with van der Waals surface area (Å²) in [6, 6.07) is 6.95. The van der Waals surface area contributed by atoms with Crippen LogP contribution in [-0.4, -0.2) is 124 Å². The molecule has 1 aromatic rings. The Morgan fingerprint density at radius 3 is 2.25 bits per heavy atom. The van der Waals surface area contributed by atoms with Crippen LogP contribution in [0.15, 0.2) is 30.3 Å². The molecule has 2 bridgehead atoms. The van der Waals surface area contributed by atoms with Gasteiger partial charge < -0.3 is 35.2 Å². The van der Waals surface area contributed by atoms with Crippen LogP contribution in [0, 0.1) is 23.7 Å². The summed E-state index contributed by atoms with van der Waals surface area (Å²) in [4.78, 5) is 59.0. The zero-order valence-corrected chi connectivity index (χ0v) is 34.8. The molecule has 2 saturated heterocycles. The molecule has 14 nitrogen and oxygen atoms in total. The Balaban J connectivity index is 1.46. The number of carbonyl (C=O) groups excluding carboxylic acids is 4. The first-order valence-electron chi connectivity index (χ1n) is 20.0. The molecule has 55 heavy (non-hydrogen) atoms. The highest BCUT2D eigenvalue weighted by Crippen LogP contribution is 2.35. The highest BCUT2D eigenvalue weighted by atomic mass is 32.2. The Morgan fingerprint density at radius 1 is 1.02 bits per heavy atom. The van der Waals surface area contributed by atoms with Crippen molar-refractivity contribution in [2.45, 2.75) is 134 Å². The molecule has 11 atom stereocenters. The van der Waals surface area contributed by atoms with Crippen LogP contribution in [0.3, 0.4) is 0 Å². The predicted octanol–water partition coefficient (Wildman–Crippen LogP) is 2.20. The summed E-state index contributed by atoms with van der Waals surface area (Å²) in [5.74, 6) is -2.00. The van der Waals surface area contributed by atoms with Crippen molar-refractivity contribution in [2.75, 3.05) is 33.6 Å². The number of nitrogens with one attached hydrogen (secondary N) is 3. The van der Waals surface area contributed by atoms with Gasteiger partial charge in [0.15, 0.2) is 0 Å². The minimum absolute atomic E-state index is 0.00207. The van der Waals surface area contributed by atoms with Crippen LogP contribution >= 0.6 is 0 Å². The van der Waals surface area contributed by atoms with Crippen molar-refractivity contribution in [3.8, 4) is 0 Å². The van der Waals surface area contributed by atoms with E-state index in [1.54, 1.807) is 30.9 Å². The molecule has 0 radical (unpaired) electrons. The monoisotopic (exact) mass is 790 g/mol.